The summed E-state index contributed by atoms with van der Waals surface area (Å²) in [5, 5.41) is 9.00. The fraction of sp³-hybridized carbons (Fsp3) is 0.214. The van der Waals surface area contributed by atoms with Crippen LogP contribution in [0.4, 0.5) is 0 Å². The third kappa shape index (κ3) is 2.82. The molecule has 0 radical (unpaired) electrons. The molecule has 1 heterocycles. The molecule has 3 heteroatoms. The van der Waals surface area contributed by atoms with Crippen LogP contribution in [0, 0.1) is 6.92 Å². The Morgan fingerprint density at radius 3 is 2.76 bits per heavy atom. The molecule has 3 nitrogen and oxygen atoms in total. The van der Waals surface area contributed by atoms with E-state index in [-0.39, 0.29) is 6.61 Å². The third-order valence-corrected chi connectivity index (χ3v) is 2.54. The summed E-state index contributed by atoms with van der Waals surface area (Å²) < 4.78 is 5.84. The molecule has 0 saturated heterocycles. The SMILES string of the molecule is Cc1cnccc1Oc1ccccc1CCO. The molecule has 0 aliphatic carbocycles. The molecule has 0 unspecified atom stereocenters. The van der Waals surface area contributed by atoms with E-state index in [1.54, 1.807) is 12.4 Å². The summed E-state index contributed by atoms with van der Waals surface area (Å²) in [6.07, 6.45) is 4.07. The highest BCUT2D eigenvalue weighted by molar-refractivity contribution is 5.39. The van der Waals surface area contributed by atoms with E-state index in [1.807, 2.05) is 37.3 Å². The van der Waals surface area contributed by atoms with Crippen molar-refractivity contribution in [3.8, 4) is 11.5 Å². The molecular formula is C14H15NO2. The maximum Gasteiger partial charge on any atom is 0.133 e. The first-order chi connectivity index (χ1) is 8.31. The summed E-state index contributed by atoms with van der Waals surface area (Å²) in [5.41, 5.74) is 2.00. The Morgan fingerprint density at radius 1 is 1.18 bits per heavy atom. The molecule has 2 aromatic rings. The summed E-state index contributed by atoms with van der Waals surface area (Å²) in [5.74, 6) is 1.58. The van der Waals surface area contributed by atoms with Crippen LogP contribution in [0.15, 0.2) is 42.7 Å². The largest absolute Gasteiger partial charge is 0.457 e. The van der Waals surface area contributed by atoms with Crippen molar-refractivity contribution in [2.24, 2.45) is 0 Å². The highest BCUT2D eigenvalue weighted by Crippen LogP contribution is 2.27. The third-order valence-electron chi connectivity index (χ3n) is 2.54. The number of aliphatic hydroxyl groups is 1. The Kier molecular flexibility index (Phi) is 3.73. The second-order valence-electron chi connectivity index (χ2n) is 3.82. The second kappa shape index (κ2) is 5.46. The van der Waals surface area contributed by atoms with Crippen molar-refractivity contribution in [2.45, 2.75) is 13.3 Å². The summed E-state index contributed by atoms with van der Waals surface area (Å²) in [4.78, 5) is 4.03. The smallest absolute Gasteiger partial charge is 0.133 e. The van der Waals surface area contributed by atoms with Crippen LogP contribution < -0.4 is 4.74 Å². The standard InChI is InChI=1S/C14H15NO2/c1-11-10-15-8-6-13(11)17-14-5-3-2-4-12(14)7-9-16/h2-6,8,10,16H,7,9H2,1H3. The van der Waals surface area contributed by atoms with Gasteiger partial charge >= 0.3 is 0 Å². The molecule has 0 aliphatic heterocycles. The Bertz CT molecular complexity index is 497. The molecule has 0 atom stereocenters. The maximum absolute atomic E-state index is 9.00. The molecule has 0 fully saturated rings. The average molecular weight is 229 g/mol. The van der Waals surface area contributed by atoms with E-state index in [0.717, 1.165) is 22.6 Å². The van der Waals surface area contributed by atoms with Gasteiger partial charge in [-0.1, -0.05) is 18.2 Å². The fourth-order valence-electron chi connectivity index (χ4n) is 1.62. The van der Waals surface area contributed by atoms with Crippen molar-refractivity contribution < 1.29 is 9.84 Å². The lowest BCUT2D eigenvalue weighted by Gasteiger charge is -2.11. The van der Waals surface area contributed by atoms with Crippen LogP contribution in [-0.2, 0) is 6.42 Å². The first-order valence-corrected chi connectivity index (χ1v) is 5.58. The van der Waals surface area contributed by atoms with Gasteiger partial charge in [-0.05, 0) is 31.0 Å². The van der Waals surface area contributed by atoms with Gasteiger partial charge in [0.25, 0.3) is 0 Å². The molecule has 0 amide bonds. The van der Waals surface area contributed by atoms with Gasteiger partial charge in [0.1, 0.15) is 11.5 Å². The number of para-hydroxylation sites is 1. The van der Waals surface area contributed by atoms with Crippen LogP contribution in [0.1, 0.15) is 11.1 Å². The van der Waals surface area contributed by atoms with Gasteiger partial charge in [0.05, 0.1) is 0 Å². The van der Waals surface area contributed by atoms with Gasteiger partial charge in [-0.15, -0.1) is 0 Å². The van der Waals surface area contributed by atoms with Gasteiger partial charge in [0, 0.05) is 24.6 Å². The minimum absolute atomic E-state index is 0.121. The maximum atomic E-state index is 9.00. The average Bonchev–Trinajstić information content (AvgIpc) is 2.35. The molecule has 1 N–H and O–H groups in total. The number of aromatic nitrogens is 1. The van der Waals surface area contributed by atoms with Crippen LogP contribution in [-0.4, -0.2) is 16.7 Å². The molecule has 17 heavy (non-hydrogen) atoms. The summed E-state index contributed by atoms with van der Waals surface area (Å²) >= 11 is 0. The number of rotatable bonds is 4. The molecule has 1 aromatic carbocycles. The monoisotopic (exact) mass is 229 g/mol. The van der Waals surface area contributed by atoms with Gasteiger partial charge in [0.15, 0.2) is 0 Å². The van der Waals surface area contributed by atoms with Crippen molar-refractivity contribution in [3.05, 3.63) is 53.9 Å². The van der Waals surface area contributed by atoms with Crippen molar-refractivity contribution in [1.82, 2.24) is 4.98 Å². The van der Waals surface area contributed by atoms with Gasteiger partial charge in [-0.3, -0.25) is 4.98 Å². The van der Waals surface area contributed by atoms with Crippen LogP contribution in [0.25, 0.3) is 0 Å². The van der Waals surface area contributed by atoms with E-state index in [4.69, 9.17) is 9.84 Å². The van der Waals surface area contributed by atoms with Crippen LogP contribution >= 0.6 is 0 Å². The van der Waals surface area contributed by atoms with Crippen molar-refractivity contribution in [2.75, 3.05) is 6.61 Å². The molecule has 1 aromatic heterocycles. The molecular weight excluding hydrogens is 214 g/mol. The predicted molar refractivity (Wildman–Crippen MR) is 66.3 cm³/mol. The van der Waals surface area contributed by atoms with Crippen LogP contribution in [0.2, 0.25) is 0 Å². The summed E-state index contributed by atoms with van der Waals surface area (Å²) in [6, 6.07) is 9.57. The number of ether oxygens (including phenoxy) is 1. The molecule has 0 aliphatic rings. The zero-order valence-electron chi connectivity index (χ0n) is 9.76. The fourth-order valence-corrected chi connectivity index (χ4v) is 1.62. The summed E-state index contributed by atoms with van der Waals surface area (Å²) in [6.45, 7) is 2.08. The second-order valence-corrected chi connectivity index (χ2v) is 3.82. The minimum Gasteiger partial charge on any atom is -0.457 e. The number of nitrogens with zero attached hydrogens (tertiary/aromatic N) is 1. The molecule has 0 saturated carbocycles. The highest BCUT2D eigenvalue weighted by Gasteiger charge is 2.05. The molecule has 0 spiro atoms. The number of aliphatic hydroxyl groups excluding tert-OH is 1. The van der Waals surface area contributed by atoms with Crippen molar-refractivity contribution >= 4 is 0 Å². The zero-order valence-corrected chi connectivity index (χ0v) is 9.76. The predicted octanol–water partition coefficient (Wildman–Crippen LogP) is 2.72. The quantitative estimate of drug-likeness (QED) is 0.876. The lowest BCUT2D eigenvalue weighted by Crippen LogP contribution is -1.96. The Morgan fingerprint density at radius 2 is 2.00 bits per heavy atom. The topological polar surface area (TPSA) is 42.4 Å². The van der Waals surface area contributed by atoms with Crippen LogP contribution in [0.5, 0.6) is 11.5 Å². The van der Waals surface area contributed by atoms with E-state index in [0.29, 0.717) is 6.42 Å². The Hall–Kier alpha value is -1.87. The zero-order chi connectivity index (χ0) is 12.1. The number of hydrogen-bond donors (Lipinski definition) is 1. The van der Waals surface area contributed by atoms with E-state index in [2.05, 4.69) is 4.98 Å². The lowest BCUT2D eigenvalue weighted by atomic mass is 10.1. The number of pyridine rings is 1. The minimum atomic E-state index is 0.121. The van der Waals surface area contributed by atoms with E-state index in [9.17, 15) is 0 Å². The summed E-state index contributed by atoms with van der Waals surface area (Å²) in [7, 11) is 0. The van der Waals surface area contributed by atoms with Gasteiger partial charge in [-0.25, -0.2) is 0 Å². The molecule has 2 rings (SSSR count). The number of hydrogen-bond acceptors (Lipinski definition) is 3. The lowest BCUT2D eigenvalue weighted by molar-refractivity contribution is 0.298. The molecule has 88 valence electrons. The van der Waals surface area contributed by atoms with E-state index in [1.165, 1.54) is 0 Å². The Labute approximate surface area is 101 Å². The normalized spacial score (nSPS) is 10.2. The van der Waals surface area contributed by atoms with Crippen LogP contribution in [0.3, 0.4) is 0 Å². The van der Waals surface area contributed by atoms with Gasteiger partial charge in [-0.2, -0.15) is 0 Å². The first kappa shape index (κ1) is 11.6. The first-order valence-electron chi connectivity index (χ1n) is 5.58. The van der Waals surface area contributed by atoms with Crippen molar-refractivity contribution in [1.29, 1.82) is 0 Å². The van der Waals surface area contributed by atoms with Gasteiger partial charge in [0.2, 0.25) is 0 Å². The number of benzene rings is 1. The van der Waals surface area contributed by atoms with Crippen molar-refractivity contribution in [3.63, 3.8) is 0 Å². The highest BCUT2D eigenvalue weighted by atomic mass is 16.5. The number of aryl methyl sites for hydroxylation is 1. The van der Waals surface area contributed by atoms with E-state index < -0.39 is 0 Å². The molecule has 0 bridgehead atoms. The Balaban J connectivity index is 2.27. The van der Waals surface area contributed by atoms with Gasteiger partial charge < -0.3 is 9.84 Å². The van der Waals surface area contributed by atoms with E-state index >= 15 is 0 Å².